The fraction of sp³-hybridized carbons (Fsp3) is 0.625. The number of carbonyl (C=O) groups excluding carboxylic acids is 3. The SMILES string of the molecule is CN[C@@H](C)C(=O)N[C@H]1CN(S(C)(=O)=O)CC[C@H]2CC[C@@H](C(=O)N[C@@H]3CCOc4ccccc43)N2C1=O.Cl. The summed E-state index contributed by atoms with van der Waals surface area (Å²) >= 11 is 0. The number of halogens is 1. The number of amides is 3. The summed E-state index contributed by atoms with van der Waals surface area (Å²) in [5.74, 6) is -0.361. The van der Waals surface area contributed by atoms with Gasteiger partial charge in [-0.05, 0) is 39.3 Å². The highest BCUT2D eigenvalue weighted by atomic mass is 35.5. The number of para-hydroxylation sites is 1. The van der Waals surface area contributed by atoms with Crippen molar-refractivity contribution in [3.05, 3.63) is 29.8 Å². The van der Waals surface area contributed by atoms with Crippen LogP contribution >= 0.6 is 12.4 Å². The second kappa shape index (κ2) is 12.0. The second-order valence-electron chi connectivity index (χ2n) is 9.71. The average Bonchev–Trinajstić information content (AvgIpc) is 3.26. The van der Waals surface area contributed by atoms with E-state index in [0.717, 1.165) is 17.6 Å². The smallest absolute Gasteiger partial charge is 0.247 e. The van der Waals surface area contributed by atoms with Crippen molar-refractivity contribution < 1.29 is 27.5 Å². The van der Waals surface area contributed by atoms with Crippen LogP contribution in [0.15, 0.2) is 24.3 Å². The molecule has 0 aromatic heterocycles. The molecule has 37 heavy (non-hydrogen) atoms. The van der Waals surface area contributed by atoms with Crippen LogP contribution in [0.1, 0.15) is 44.2 Å². The molecular weight excluding hydrogens is 522 g/mol. The van der Waals surface area contributed by atoms with Crippen molar-refractivity contribution >= 4 is 40.2 Å². The van der Waals surface area contributed by atoms with E-state index in [1.54, 1.807) is 18.9 Å². The standard InChI is InChI=1S/C24H35N5O6S.ClH/c1-15(25-2)22(30)27-19-14-28(36(3,33)34)12-10-16-8-9-20(29(16)24(19)32)23(31)26-18-11-13-35-21-7-5-4-6-17(18)21;/h4-7,15-16,18-20,25H,8-14H2,1-3H3,(H,26,31)(H,27,30);1H/t15-,16+,18+,19-,20-;/m0./s1. The van der Waals surface area contributed by atoms with Crippen LogP contribution in [0.2, 0.25) is 0 Å². The van der Waals surface area contributed by atoms with Gasteiger partial charge in [0, 0.05) is 31.1 Å². The number of carbonyl (C=O) groups is 3. The quantitative estimate of drug-likeness (QED) is 0.453. The lowest BCUT2D eigenvalue weighted by Crippen LogP contribution is -2.62. The van der Waals surface area contributed by atoms with Gasteiger partial charge >= 0.3 is 0 Å². The van der Waals surface area contributed by atoms with Gasteiger partial charge in [-0.2, -0.15) is 4.31 Å². The number of nitrogens with zero attached hydrogens (tertiary/aromatic N) is 2. The number of rotatable bonds is 6. The Morgan fingerprint density at radius 2 is 1.81 bits per heavy atom. The molecule has 3 amide bonds. The second-order valence-corrected chi connectivity index (χ2v) is 11.7. The molecule has 3 N–H and O–H groups in total. The van der Waals surface area contributed by atoms with Crippen molar-refractivity contribution in [1.29, 1.82) is 0 Å². The monoisotopic (exact) mass is 557 g/mol. The Kier molecular flexibility index (Phi) is 9.43. The first-order valence-corrected chi connectivity index (χ1v) is 14.2. The maximum atomic E-state index is 13.8. The third kappa shape index (κ3) is 6.36. The Hall–Kier alpha value is -2.41. The molecule has 3 aliphatic rings. The number of likely N-dealkylation sites (N-methyl/N-ethyl adjacent to an activating group) is 1. The zero-order chi connectivity index (χ0) is 26.0. The van der Waals surface area contributed by atoms with E-state index >= 15 is 0 Å². The molecule has 3 aliphatic heterocycles. The van der Waals surface area contributed by atoms with Crippen molar-refractivity contribution in [1.82, 2.24) is 25.2 Å². The van der Waals surface area contributed by atoms with Crippen molar-refractivity contribution in [2.24, 2.45) is 0 Å². The molecule has 11 nitrogen and oxygen atoms in total. The molecule has 0 saturated carbocycles. The van der Waals surface area contributed by atoms with Crippen LogP contribution in [0, 0.1) is 0 Å². The van der Waals surface area contributed by atoms with Gasteiger partial charge in [0.2, 0.25) is 27.7 Å². The average molecular weight is 558 g/mol. The highest BCUT2D eigenvalue weighted by Gasteiger charge is 2.46. The summed E-state index contributed by atoms with van der Waals surface area (Å²) in [5, 5.41) is 8.64. The summed E-state index contributed by atoms with van der Waals surface area (Å²) in [6.45, 7) is 2.17. The van der Waals surface area contributed by atoms with Crippen molar-refractivity contribution in [3.63, 3.8) is 0 Å². The van der Waals surface area contributed by atoms with Gasteiger partial charge in [-0.15, -0.1) is 12.4 Å². The Morgan fingerprint density at radius 3 is 2.51 bits per heavy atom. The topological polar surface area (TPSA) is 137 Å². The van der Waals surface area contributed by atoms with E-state index in [1.807, 2.05) is 24.3 Å². The van der Waals surface area contributed by atoms with Gasteiger partial charge in [0.25, 0.3) is 0 Å². The molecule has 2 saturated heterocycles. The number of hydrogen-bond acceptors (Lipinski definition) is 7. The normalized spacial score (nSPS) is 26.9. The molecular formula is C24H36ClN5O6S. The van der Waals surface area contributed by atoms with E-state index < -0.39 is 40.0 Å². The van der Waals surface area contributed by atoms with Gasteiger partial charge in [-0.25, -0.2) is 8.42 Å². The zero-order valence-electron chi connectivity index (χ0n) is 21.3. The molecule has 3 heterocycles. The molecule has 0 bridgehead atoms. The lowest BCUT2D eigenvalue weighted by Gasteiger charge is -2.38. The van der Waals surface area contributed by atoms with E-state index in [9.17, 15) is 22.8 Å². The van der Waals surface area contributed by atoms with Crippen LogP contribution in [-0.4, -0.2) is 92.5 Å². The Labute approximate surface area is 224 Å². The third-order valence-electron chi connectivity index (χ3n) is 7.34. The maximum absolute atomic E-state index is 13.8. The van der Waals surface area contributed by atoms with E-state index in [1.165, 1.54) is 4.31 Å². The van der Waals surface area contributed by atoms with Crippen LogP contribution in [-0.2, 0) is 24.4 Å². The fourth-order valence-corrected chi connectivity index (χ4v) is 6.06. The number of nitrogens with one attached hydrogen (secondary N) is 3. The van der Waals surface area contributed by atoms with Crippen molar-refractivity contribution in [2.75, 3.05) is 33.0 Å². The summed E-state index contributed by atoms with van der Waals surface area (Å²) < 4.78 is 31.7. The molecule has 0 spiro atoms. The predicted octanol–water partition coefficient (Wildman–Crippen LogP) is 0.166. The minimum absolute atomic E-state index is 0. The minimum atomic E-state index is -3.58. The van der Waals surface area contributed by atoms with E-state index in [2.05, 4.69) is 16.0 Å². The fourth-order valence-electron chi connectivity index (χ4n) is 5.20. The first-order valence-electron chi connectivity index (χ1n) is 12.4. The van der Waals surface area contributed by atoms with Crippen LogP contribution < -0.4 is 20.7 Å². The molecule has 1 aromatic rings. The van der Waals surface area contributed by atoms with E-state index in [-0.39, 0.29) is 43.5 Å². The molecule has 0 radical (unpaired) electrons. The molecule has 1 aromatic carbocycles. The first-order chi connectivity index (χ1) is 17.1. The summed E-state index contributed by atoms with van der Waals surface area (Å²) in [4.78, 5) is 41.5. The van der Waals surface area contributed by atoms with Gasteiger partial charge in [0.05, 0.1) is 24.9 Å². The highest BCUT2D eigenvalue weighted by Crippen LogP contribution is 2.34. The molecule has 206 valence electrons. The largest absolute Gasteiger partial charge is 0.493 e. The number of ether oxygens (including phenoxy) is 1. The third-order valence-corrected chi connectivity index (χ3v) is 8.61. The Balaban J connectivity index is 0.00000380. The van der Waals surface area contributed by atoms with Crippen LogP contribution in [0.4, 0.5) is 0 Å². The molecule has 13 heteroatoms. The minimum Gasteiger partial charge on any atom is -0.493 e. The molecule has 0 unspecified atom stereocenters. The summed E-state index contributed by atoms with van der Waals surface area (Å²) in [5.41, 5.74) is 0.903. The van der Waals surface area contributed by atoms with Crippen molar-refractivity contribution in [2.45, 2.75) is 62.8 Å². The van der Waals surface area contributed by atoms with Gasteiger partial charge in [-0.1, -0.05) is 18.2 Å². The summed E-state index contributed by atoms with van der Waals surface area (Å²) in [6, 6.07) is 4.70. The number of hydrogen-bond donors (Lipinski definition) is 3. The molecule has 4 rings (SSSR count). The summed E-state index contributed by atoms with van der Waals surface area (Å²) in [7, 11) is -1.96. The number of benzene rings is 1. The lowest BCUT2D eigenvalue weighted by molar-refractivity contribution is -0.144. The predicted molar refractivity (Wildman–Crippen MR) is 140 cm³/mol. The molecule has 5 atom stereocenters. The Bertz CT molecular complexity index is 1120. The van der Waals surface area contributed by atoms with Crippen LogP contribution in [0.3, 0.4) is 0 Å². The van der Waals surface area contributed by atoms with Gasteiger partial charge in [-0.3, -0.25) is 14.4 Å². The van der Waals surface area contributed by atoms with Gasteiger partial charge in [0.1, 0.15) is 17.8 Å². The maximum Gasteiger partial charge on any atom is 0.247 e. The number of fused-ring (bicyclic) bond motifs is 2. The number of sulfonamides is 1. The summed E-state index contributed by atoms with van der Waals surface area (Å²) in [6.07, 6.45) is 3.20. The highest BCUT2D eigenvalue weighted by molar-refractivity contribution is 7.88. The van der Waals surface area contributed by atoms with Crippen LogP contribution in [0.25, 0.3) is 0 Å². The Morgan fingerprint density at radius 1 is 1.08 bits per heavy atom. The van der Waals surface area contributed by atoms with Gasteiger partial charge < -0.3 is 25.6 Å². The zero-order valence-corrected chi connectivity index (χ0v) is 22.9. The molecule has 0 aliphatic carbocycles. The van der Waals surface area contributed by atoms with E-state index in [4.69, 9.17) is 4.74 Å². The first kappa shape index (κ1) is 29.2. The molecule has 2 fully saturated rings. The van der Waals surface area contributed by atoms with Gasteiger partial charge in [0.15, 0.2) is 0 Å². The lowest BCUT2D eigenvalue weighted by atomic mass is 10.00. The van der Waals surface area contributed by atoms with Crippen LogP contribution in [0.5, 0.6) is 5.75 Å². The van der Waals surface area contributed by atoms with Crippen molar-refractivity contribution in [3.8, 4) is 5.75 Å². The van der Waals surface area contributed by atoms with E-state index in [0.29, 0.717) is 32.3 Å².